The Morgan fingerprint density at radius 1 is 0.885 bits per heavy atom. The van der Waals surface area contributed by atoms with Gasteiger partial charge >= 0.3 is 0 Å². The summed E-state index contributed by atoms with van der Waals surface area (Å²) in [6.07, 6.45) is 4.75. The zero-order valence-electron chi connectivity index (χ0n) is 16.8. The lowest BCUT2D eigenvalue weighted by Gasteiger charge is -2.46. The minimum atomic E-state index is -1.17. The monoisotopic (exact) mass is 369 g/mol. The van der Waals surface area contributed by atoms with Crippen molar-refractivity contribution in [3.8, 4) is 0 Å². The van der Waals surface area contributed by atoms with Gasteiger partial charge in [-0.1, -0.05) is 67.6 Å². The van der Waals surface area contributed by atoms with Crippen LogP contribution in [-0.2, 0) is 4.79 Å². The van der Waals surface area contributed by atoms with Crippen LogP contribution in [0.4, 0.5) is 0 Å². The van der Waals surface area contributed by atoms with Crippen LogP contribution >= 0.6 is 10.0 Å². The summed E-state index contributed by atoms with van der Waals surface area (Å²) in [5.41, 5.74) is 1.05. The van der Waals surface area contributed by atoms with Gasteiger partial charge in [-0.3, -0.25) is 4.79 Å². The summed E-state index contributed by atoms with van der Waals surface area (Å²) in [6.45, 7) is 8.59. The highest BCUT2D eigenvalue weighted by molar-refractivity contribution is 8.33. The minimum absolute atomic E-state index is 0.0182. The molecule has 1 aliphatic heterocycles. The first kappa shape index (κ1) is 19.0. The highest BCUT2D eigenvalue weighted by Gasteiger charge is 2.54. The third kappa shape index (κ3) is 3.18. The largest absolute Gasteiger partial charge is 0.329 e. The van der Waals surface area contributed by atoms with Crippen molar-refractivity contribution in [3.63, 3.8) is 0 Å². The van der Waals surface area contributed by atoms with Gasteiger partial charge in [0.2, 0.25) is 5.91 Å². The van der Waals surface area contributed by atoms with E-state index in [0.29, 0.717) is 5.25 Å². The molecule has 1 heterocycles. The minimum Gasteiger partial charge on any atom is -0.329 e. The first-order valence-electron chi connectivity index (χ1n) is 9.31. The molecule has 0 aliphatic carbocycles. The summed E-state index contributed by atoms with van der Waals surface area (Å²) in [6, 6.07) is 21.5. The summed E-state index contributed by atoms with van der Waals surface area (Å²) in [7, 11) is -1.17. The van der Waals surface area contributed by atoms with E-state index in [-0.39, 0.29) is 23.4 Å². The number of rotatable bonds is 3. The van der Waals surface area contributed by atoms with Crippen molar-refractivity contribution in [1.82, 2.24) is 4.90 Å². The molecule has 0 unspecified atom stereocenters. The van der Waals surface area contributed by atoms with Crippen molar-refractivity contribution >= 4 is 15.9 Å². The van der Waals surface area contributed by atoms with Gasteiger partial charge in [-0.05, 0) is 43.7 Å². The Morgan fingerprint density at radius 3 is 1.88 bits per heavy atom. The lowest BCUT2D eigenvalue weighted by molar-refractivity contribution is -0.136. The van der Waals surface area contributed by atoms with Gasteiger partial charge in [-0.15, -0.1) is 0 Å². The molecule has 0 N–H and O–H groups in total. The quantitative estimate of drug-likeness (QED) is 0.700. The van der Waals surface area contributed by atoms with E-state index in [1.54, 1.807) is 0 Å². The second-order valence-electron chi connectivity index (χ2n) is 8.71. The molecule has 26 heavy (non-hydrogen) atoms. The fraction of sp³-hybridized carbons (Fsp3) is 0.435. The van der Waals surface area contributed by atoms with E-state index in [1.807, 2.05) is 0 Å². The van der Waals surface area contributed by atoms with Gasteiger partial charge in [0.1, 0.15) is 0 Å². The van der Waals surface area contributed by atoms with Gasteiger partial charge in [-0.2, -0.15) is 0 Å². The van der Waals surface area contributed by atoms with E-state index >= 15 is 0 Å². The van der Waals surface area contributed by atoms with Crippen molar-refractivity contribution in [2.24, 2.45) is 5.92 Å². The summed E-state index contributed by atoms with van der Waals surface area (Å²) in [5.74, 6) is 0.303. The molecule has 1 amide bonds. The van der Waals surface area contributed by atoms with Crippen molar-refractivity contribution in [2.75, 3.05) is 12.5 Å². The lowest BCUT2D eigenvalue weighted by atomic mass is 9.97. The second kappa shape index (κ2) is 6.77. The number of carbonyl (C=O) groups excluding carboxylic acids is 1. The number of hydrogen-bond donors (Lipinski definition) is 0. The number of carbonyl (C=O) groups is 1. The molecule has 2 nitrogen and oxygen atoms in total. The molecule has 2 aromatic carbocycles. The molecule has 1 saturated heterocycles. The van der Waals surface area contributed by atoms with E-state index in [1.165, 1.54) is 10.5 Å². The molecule has 140 valence electrons. The fourth-order valence-corrected chi connectivity index (χ4v) is 7.65. The topological polar surface area (TPSA) is 20.3 Å². The molecule has 0 spiro atoms. The first-order chi connectivity index (χ1) is 12.2. The Balaban J connectivity index is 2.17. The SMILES string of the molecule is C[C@H]1C(=O)N(C(C)(C)C)[C@@H](c2ccccc2)[C@@H]1S(C)(C)c1ccccc1. The molecular formula is C23H31NOS. The standard InChI is InChI=1S/C23H31NOS/c1-17-21(26(5,6)19-15-11-8-12-16-19)20(18-13-9-7-10-14-18)24(22(17)25)23(2,3)4/h7-17,20-21H,1-6H3/t17-,20+,21-/m1/s1. The van der Waals surface area contributed by atoms with Crippen LogP contribution in [0.2, 0.25) is 0 Å². The van der Waals surface area contributed by atoms with E-state index < -0.39 is 10.0 Å². The maximum Gasteiger partial charge on any atom is 0.227 e. The Hall–Kier alpha value is -1.74. The molecule has 0 aromatic heterocycles. The van der Waals surface area contributed by atoms with Gasteiger partial charge in [0.25, 0.3) is 0 Å². The average molecular weight is 370 g/mol. The van der Waals surface area contributed by atoms with E-state index in [0.717, 1.165) is 0 Å². The molecule has 3 rings (SSSR count). The lowest BCUT2D eigenvalue weighted by Crippen LogP contribution is -2.45. The van der Waals surface area contributed by atoms with Crippen molar-refractivity contribution in [3.05, 3.63) is 66.2 Å². The third-order valence-corrected chi connectivity index (χ3v) is 9.12. The van der Waals surface area contributed by atoms with Crippen LogP contribution in [0.5, 0.6) is 0 Å². The van der Waals surface area contributed by atoms with Gasteiger partial charge in [-0.25, -0.2) is 10.0 Å². The number of likely N-dealkylation sites (tertiary alicyclic amines) is 1. The van der Waals surface area contributed by atoms with Crippen LogP contribution < -0.4 is 0 Å². The number of hydrogen-bond acceptors (Lipinski definition) is 1. The van der Waals surface area contributed by atoms with Crippen LogP contribution in [0.25, 0.3) is 0 Å². The van der Waals surface area contributed by atoms with Gasteiger partial charge in [0.05, 0.1) is 6.04 Å². The predicted molar refractivity (Wildman–Crippen MR) is 113 cm³/mol. The molecule has 1 aliphatic rings. The molecule has 3 heteroatoms. The zero-order chi connectivity index (χ0) is 19.1. The summed E-state index contributed by atoms with van der Waals surface area (Å²) in [5, 5.41) is 0.291. The third-order valence-electron chi connectivity index (χ3n) is 5.60. The first-order valence-corrected chi connectivity index (χ1v) is 11.8. The second-order valence-corrected chi connectivity index (χ2v) is 12.5. The van der Waals surface area contributed by atoms with Crippen molar-refractivity contribution in [1.29, 1.82) is 0 Å². The van der Waals surface area contributed by atoms with Crippen LogP contribution in [0.1, 0.15) is 39.3 Å². The van der Waals surface area contributed by atoms with Crippen LogP contribution in [0.15, 0.2) is 65.6 Å². The van der Waals surface area contributed by atoms with Crippen LogP contribution in [0, 0.1) is 5.92 Å². The molecule has 0 bridgehead atoms. The smallest absolute Gasteiger partial charge is 0.227 e. The van der Waals surface area contributed by atoms with Crippen LogP contribution in [0.3, 0.4) is 0 Å². The number of benzene rings is 2. The average Bonchev–Trinajstić information content (AvgIpc) is 2.88. The normalized spacial score (nSPS) is 24.8. The van der Waals surface area contributed by atoms with Gasteiger partial charge < -0.3 is 4.90 Å². The Bertz CT molecular complexity index is 764. The predicted octanol–water partition coefficient (Wildman–Crippen LogP) is 5.50. The van der Waals surface area contributed by atoms with E-state index in [4.69, 9.17) is 0 Å². The number of nitrogens with zero attached hydrogens (tertiary/aromatic N) is 1. The van der Waals surface area contributed by atoms with Crippen molar-refractivity contribution in [2.45, 2.75) is 49.4 Å². The molecular weight excluding hydrogens is 338 g/mol. The van der Waals surface area contributed by atoms with Crippen molar-refractivity contribution < 1.29 is 4.79 Å². The Kier molecular flexibility index (Phi) is 4.96. The maximum absolute atomic E-state index is 13.4. The van der Waals surface area contributed by atoms with Gasteiger partial charge in [0.15, 0.2) is 0 Å². The molecule has 0 saturated carbocycles. The highest BCUT2D eigenvalue weighted by atomic mass is 32.3. The van der Waals surface area contributed by atoms with Crippen LogP contribution in [-0.4, -0.2) is 34.1 Å². The number of amides is 1. The van der Waals surface area contributed by atoms with E-state index in [9.17, 15) is 4.79 Å². The fourth-order valence-electron chi connectivity index (χ4n) is 4.42. The van der Waals surface area contributed by atoms with Gasteiger partial charge in [0, 0.05) is 16.7 Å². The van der Waals surface area contributed by atoms with E-state index in [2.05, 4.69) is 106 Å². The maximum atomic E-state index is 13.4. The molecule has 2 aromatic rings. The highest BCUT2D eigenvalue weighted by Crippen LogP contribution is 2.63. The molecule has 1 fully saturated rings. The molecule has 0 radical (unpaired) electrons. The summed E-state index contributed by atoms with van der Waals surface area (Å²) in [4.78, 5) is 16.9. The Labute approximate surface area is 159 Å². The summed E-state index contributed by atoms with van der Waals surface area (Å²) < 4.78 is 0. The summed E-state index contributed by atoms with van der Waals surface area (Å²) >= 11 is 0. The molecule has 3 atom stereocenters. The Morgan fingerprint density at radius 2 is 1.38 bits per heavy atom. The zero-order valence-corrected chi connectivity index (χ0v) is 17.6.